The number of ether oxygens (including phenoxy) is 2. The third-order valence-corrected chi connectivity index (χ3v) is 5.35. The highest BCUT2D eigenvalue weighted by atomic mass is 16.5. The van der Waals surface area contributed by atoms with Crippen molar-refractivity contribution in [2.45, 2.75) is 25.0 Å². The van der Waals surface area contributed by atoms with Crippen LogP contribution in [0.25, 0.3) is 0 Å². The van der Waals surface area contributed by atoms with Crippen molar-refractivity contribution in [2.75, 3.05) is 25.0 Å². The molecule has 1 aliphatic heterocycles. The lowest BCUT2D eigenvalue weighted by Gasteiger charge is -2.27. The minimum atomic E-state index is -0.587. The number of rotatable bonds is 9. The van der Waals surface area contributed by atoms with Crippen molar-refractivity contribution in [1.29, 1.82) is 5.26 Å². The van der Waals surface area contributed by atoms with Gasteiger partial charge in [0.2, 0.25) is 0 Å². The molecule has 0 aliphatic carbocycles. The van der Waals surface area contributed by atoms with Gasteiger partial charge in [0.25, 0.3) is 0 Å². The van der Waals surface area contributed by atoms with Crippen molar-refractivity contribution in [2.24, 2.45) is 0 Å². The van der Waals surface area contributed by atoms with Gasteiger partial charge < -0.3 is 25.2 Å². The minimum Gasteiger partial charge on any atom is -0.491 e. The van der Waals surface area contributed by atoms with E-state index in [1.165, 1.54) is 0 Å². The molecule has 0 radical (unpaired) electrons. The Morgan fingerprint density at radius 2 is 1.91 bits per heavy atom. The van der Waals surface area contributed by atoms with Crippen molar-refractivity contribution in [1.82, 2.24) is 5.32 Å². The summed E-state index contributed by atoms with van der Waals surface area (Å²) in [6, 6.07) is 25.2. The summed E-state index contributed by atoms with van der Waals surface area (Å²) < 4.78 is 11.7. The Balaban J connectivity index is 1.24. The number of para-hydroxylation sites is 2. The molecule has 6 nitrogen and oxygen atoms in total. The monoisotopic (exact) mass is 429 g/mol. The number of aliphatic hydroxyl groups is 1. The Morgan fingerprint density at radius 1 is 1.09 bits per heavy atom. The molecule has 4 rings (SSSR count). The van der Waals surface area contributed by atoms with Crippen LogP contribution >= 0.6 is 0 Å². The van der Waals surface area contributed by atoms with Crippen LogP contribution in [0.4, 0.5) is 11.4 Å². The van der Waals surface area contributed by atoms with Crippen molar-refractivity contribution in [3.63, 3.8) is 0 Å². The smallest absolute Gasteiger partial charge is 0.123 e. The molecule has 0 aromatic heterocycles. The molecular weight excluding hydrogens is 402 g/mol. The Kier molecular flexibility index (Phi) is 7.23. The van der Waals surface area contributed by atoms with E-state index in [0.29, 0.717) is 18.7 Å². The first-order valence-electron chi connectivity index (χ1n) is 10.8. The predicted molar refractivity (Wildman–Crippen MR) is 124 cm³/mol. The molecule has 0 saturated heterocycles. The number of benzene rings is 3. The number of nitrogens with zero attached hydrogens (tertiary/aromatic N) is 1. The summed E-state index contributed by atoms with van der Waals surface area (Å²) in [6.07, 6.45) is 1.28. The number of anilines is 2. The van der Waals surface area contributed by atoms with E-state index in [4.69, 9.17) is 9.47 Å². The van der Waals surface area contributed by atoms with E-state index in [1.54, 1.807) is 6.07 Å². The van der Waals surface area contributed by atoms with Crippen LogP contribution in [0.5, 0.6) is 11.5 Å². The maximum absolute atomic E-state index is 10.1. The molecule has 3 N–H and O–H groups in total. The maximum atomic E-state index is 10.1. The standard InChI is InChI=1S/C26H27N3O3/c27-15-20-6-4-5-9-25(20)29-21-11-13-26-19(14-21)10-12-24(32-26)17-28-16-22(30)18-31-23-7-2-1-3-8-23/h1-9,11,13-14,22,24,28-30H,10,12,16-18H2/t22-,24+/m0/s1. The van der Waals surface area contributed by atoms with Crippen LogP contribution in [0.2, 0.25) is 0 Å². The number of hydrogen-bond donors (Lipinski definition) is 3. The molecule has 164 valence electrons. The van der Waals surface area contributed by atoms with E-state index in [0.717, 1.165) is 41.3 Å². The highest BCUT2D eigenvalue weighted by Gasteiger charge is 2.20. The molecule has 32 heavy (non-hydrogen) atoms. The number of nitriles is 1. The number of aryl methyl sites for hydroxylation is 1. The van der Waals surface area contributed by atoms with Crippen LogP contribution in [0.3, 0.4) is 0 Å². The molecule has 0 fully saturated rings. The Morgan fingerprint density at radius 3 is 2.75 bits per heavy atom. The topological polar surface area (TPSA) is 86.5 Å². The Labute approximate surface area is 188 Å². The fourth-order valence-corrected chi connectivity index (χ4v) is 3.69. The first kappa shape index (κ1) is 21.7. The normalized spacial score (nSPS) is 15.7. The van der Waals surface area contributed by atoms with Crippen molar-refractivity contribution in [3.05, 3.63) is 83.9 Å². The van der Waals surface area contributed by atoms with Gasteiger partial charge in [-0.1, -0.05) is 30.3 Å². The SMILES string of the molecule is N#Cc1ccccc1Nc1ccc2c(c1)CC[C@H](CNC[C@H](O)COc1ccccc1)O2. The zero-order chi connectivity index (χ0) is 22.2. The molecule has 3 aromatic carbocycles. The first-order valence-corrected chi connectivity index (χ1v) is 10.8. The molecule has 6 heteroatoms. The number of fused-ring (bicyclic) bond motifs is 1. The van der Waals surface area contributed by atoms with Gasteiger partial charge in [0.1, 0.15) is 36.4 Å². The summed E-state index contributed by atoms with van der Waals surface area (Å²) >= 11 is 0. The molecule has 2 atom stereocenters. The minimum absolute atomic E-state index is 0.0582. The van der Waals surface area contributed by atoms with Crippen molar-refractivity contribution < 1.29 is 14.6 Å². The van der Waals surface area contributed by atoms with Crippen molar-refractivity contribution in [3.8, 4) is 17.6 Å². The Bertz CT molecular complexity index is 1070. The molecule has 0 amide bonds. The molecular formula is C26H27N3O3. The van der Waals surface area contributed by atoms with Gasteiger partial charge in [-0.25, -0.2) is 0 Å². The second kappa shape index (κ2) is 10.7. The lowest BCUT2D eigenvalue weighted by Crippen LogP contribution is -2.39. The molecule has 0 unspecified atom stereocenters. The van der Waals surface area contributed by atoms with Gasteiger partial charge in [-0.15, -0.1) is 0 Å². The average Bonchev–Trinajstić information content (AvgIpc) is 2.84. The van der Waals surface area contributed by atoms with Crippen LogP contribution in [0.1, 0.15) is 17.5 Å². The predicted octanol–water partition coefficient (Wildman–Crippen LogP) is 4.02. The van der Waals surface area contributed by atoms with Gasteiger partial charge in [-0.3, -0.25) is 0 Å². The zero-order valence-corrected chi connectivity index (χ0v) is 17.8. The van der Waals surface area contributed by atoms with E-state index < -0.39 is 6.10 Å². The van der Waals surface area contributed by atoms with Crippen molar-refractivity contribution >= 4 is 11.4 Å². The second-order valence-electron chi connectivity index (χ2n) is 7.82. The fourth-order valence-electron chi connectivity index (χ4n) is 3.69. The lowest BCUT2D eigenvalue weighted by molar-refractivity contribution is 0.0998. The van der Waals surface area contributed by atoms with Gasteiger partial charge in [0.05, 0.1) is 11.3 Å². The van der Waals surface area contributed by atoms with Crippen LogP contribution in [0.15, 0.2) is 72.8 Å². The molecule has 1 heterocycles. The molecule has 0 bridgehead atoms. The van der Waals surface area contributed by atoms with Gasteiger partial charge >= 0.3 is 0 Å². The van der Waals surface area contributed by atoms with E-state index in [9.17, 15) is 10.4 Å². The van der Waals surface area contributed by atoms with E-state index in [1.807, 2.05) is 60.7 Å². The number of nitrogens with one attached hydrogen (secondary N) is 2. The summed E-state index contributed by atoms with van der Waals surface area (Å²) in [5.74, 6) is 1.64. The first-order chi connectivity index (χ1) is 15.7. The van der Waals surface area contributed by atoms with Gasteiger partial charge in [0, 0.05) is 18.8 Å². The largest absolute Gasteiger partial charge is 0.491 e. The maximum Gasteiger partial charge on any atom is 0.123 e. The summed E-state index contributed by atoms with van der Waals surface area (Å²) in [5, 5.41) is 26.0. The third-order valence-electron chi connectivity index (χ3n) is 5.35. The average molecular weight is 430 g/mol. The summed E-state index contributed by atoms with van der Waals surface area (Å²) in [6.45, 7) is 1.36. The van der Waals surface area contributed by atoms with Crippen LogP contribution in [-0.2, 0) is 6.42 Å². The van der Waals surface area contributed by atoms with E-state index >= 15 is 0 Å². The highest BCUT2D eigenvalue weighted by Crippen LogP contribution is 2.31. The lowest BCUT2D eigenvalue weighted by atomic mass is 10.0. The fraction of sp³-hybridized carbons (Fsp3) is 0.269. The zero-order valence-electron chi connectivity index (χ0n) is 17.8. The van der Waals surface area contributed by atoms with E-state index in [-0.39, 0.29) is 12.7 Å². The van der Waals surface area contributed by atoms with Crippen LogP contribution in [0, 0.1) is 11.3 Å². The van der Waals surface area contributed by atoms with Gasteiger partial charge in [0.15, 0.2) is 0 Å². The number of aliphatic hydroxyl groups excluding tert-OH is 1. The summed E-state index contributed by atoms with van der Waals surface area (Å²) in [4.78, 5) is 0. The summed E-state index contributed by atoms with van der Waals surface area (Å²) in [5.41, 5.74) is 3.50. The summed E-state index contributed by atoms with van der Waals surface area (Å²) in [7, 11) is 0. The van der Waals surface area contributed by atoms with Crippen LogP contribution in [-0.4, -0.2) is 37.0 Å². The molecule has 0 spiro atoms. The highest BCUT2D eigenvalue weighted by molar-refractivity contribution is 5.67. The molecule has 3 aromatic rings. The van der Waals surface area contributed by atoms with Gasteiger partial charge in [-0.05, 0) is 60.9 Å². The van der Waals surface area contributed by atoms with Gasteiger partial charge in [-0.2, -0.15) is 5.26 Å². The van der Waals surface area contributed by atoms with E-state index in [2.05, 4.69) is 22.8 Å². The number of hydrogen-bond acceptors (Lipinski definition) is 6. The third kappa shape index (κ3) is 5.79. The molecule has 0 saturated carbocycles. The quantitative estimate of drug-likeness (QED) is 0.476. The molecule has 1 aliphatic rings. The van der Waals surface area contributed by atoms with Crippen LogP contribution < -0.4 is 20.1 Å². The second-order valence-corrected chi connectivity index (χ2v) is 7.82. The Hall–Kier alpha value is -3.53.